The van der Waals surface area contributed by atoms with Gasteiger partial charge < -0.3 is 5.32 Å². The molecule has 0 unspecified atom stereocenters. The maximum atomic E-state index is 12.0. The molecule has 2 rings (SSSR count). The van der Waals surface area contributed by atoms with Crippen molar-refractivity contribution < 1.29 is 13.2 Å². The number of primary sulfonamides is 1. The second-order valence-corrected chi connectivity index (χ2v) is 5.87. The summed E-state index contributed by atoms with van der Waals surface area (Å²) in [7, 11) is -3.89. The van der Waals surface area contributed by atoms with E-state index in [4.69, 9.17) is 5.14 Å². The Balaban J connectivity index is 2.28. The Morgan fingerprint density at radius 3 is 2.19 bits per heavy atom. The minimum absolute atomic E-state index is 0.0802. The summed E-state index contributed by atoms with van der Waals surface area (Å²) < 4.78 is 23.1. The molecule has 6 heteroatoms. The zero-order valence-electron chi connectivity index (χ0n) is 11.1. The van der Waals surface area contributed by atoms with Crippen LogP contribution in [0.2, 0.25) is 0 Å². The van der Waals surface area contributed by atoms with Gasteiger partial charge in [0.25, 0.3) is 5.91 Å². The molecule has 0 bridgehead atoms. The van der Waals surface area contributed by atoms with Crippen molar-refractivity contribution >= 4 is 21.6 Å². The average molecular weight is 302 g/mol. The molecule has 1 amide bonds. The molecule has 0 saturated carbocycles. The Morgan fingerprint density at radius 2 is 1.57 bits per heavy atom. The van der Waals surface area contributed by atoms with Gasteiger partial charge in [-0.25, -0.2) is 13.6 Å². The number of sulfonamides is 1. The van der Waals surface area contributed by atoms with Crippen LogP contribution < -0.4 is 10.5 Å². The maximum absolute atomic E-state index is 12.0. The van der Waals surface area contributed by atoms with E-state index >= 15 is 0 Å². The molecule has 2 aromatic carbocycles. The summed E-state index contributed by atoms with van der Waals surface area (Å²) >= 11 is 0. The fourth-order valence-corrected chi connectivity index (χ4v) is 2.60. The SMILES string of the molecule is C=C(NC(=O)c1ccccc1)c1ccccc1S(N)(=O)=O. The second-order valence-electron chi connectivity index (χ2n) is 4.34. The topological polar surface area (TPSA) is 89.3 Å². The van der Waals surface area contributed by atoms with Gasteiger partial charge in [-0.1, -0.05) is 43.0 Å². The number of amides is 1. The molecule has 0 aliphatic carbocycles. The first-order valence-corrected chi connectivity index (χ1v) is 7.62. The van der Waals surface area contributed by atoms with E-state index in [1.165, 1.54) is 12.1 Å². The van der Waals surface area contributed by atoms with Crippen molar-refractivity contribution in [3.05, 3.63) is 72.3 Å². The van der Waals surface area contributed by atoms with Gasteiger partial charge in [0.2, 0.25) is 10.0 Å². The molecule has 0 atom stereocenters. The molecule has 21 heavy (non-hydrogen) atoms. The fourth-order valence-electron chi connectivity index (χ4n) is 1.83. The lowest BCUT2D eigenvalue weighted by Crippen LogP contribution is -2.23. The predicted octanol–water partition coefficient (Wildman–Crippen LogP) is 1.73. The third-order valence-electron chi connectivity index (χ3n) is 2.82. The van der Waals surface area contributed by atoms with E-state index in [1.807, 2.05) is 0 Å². The smallest absolute Gasteiger partial charge is 0.255 e. The van der Waals surface area contributed by atoms with Crippen LogP contribution in [-0.2, 0) is 10.0 Å². The van der Waals surface area contributed by atoms with Gasteiger partial charge in [-0.2, -0.15) is 0 Å². The van der Waals surface area contributed by atoms with Crippen molar-refractivity contribution in [1.29, 1.82) is 0 Å². The zero-order chi connectivity index (χ0) is 15.5. The normalized spacial score (nSPS) is 10.9. The van der Waals surface area contributed by atoms with Gasteiger partial charge >= 0.3 is 0 Å². The molecular weight excluding hydrogens is 288 g/mol. The number of nitrogens with two attached hydrogens (primary N) is 1. The van der Waals surface area contributed by atoms with E-state index in [1.54, 1.807) is 42.5 Å². The first kappa shape index (κ1) is 15.0. The number of rotatable bonds is 4. The van der Waals surface area contributed by atoms with E-state index in [-0.39, 0.29) is 22.1 Å². The van der Waals surface area contributed by atoms with Crippen LogP contribution in [0.4, 0.5) is 0 Å². The summed E-state index contributed by atoms with van der Waals surface area (Å²) in [6.45, 7) is 3.71. The van der Waals surface area contributed by atoms with Crippen LogP contribution in [-0.4, -0.2) is 14.3 Å². The molecule has 2 aromatic rings. The van der Waals surface area contributed by atoms with E-state index in [9.17, 15) is 13.2 Å². The highest BCUT2D eigenvalue weighted by Gasteiger charge is 2.16. The highest BCUT2D eigenvalue weighted by Crippen LogP contribution is 2.19. The first-order valence-electron chi connectivity index (χ1n) is 6.07. The third kappa shape index (κ3) is 3.56. The lowest BCUT2D eigenvalue weighted by molar-refractivity contribution is 0.0973. The molecule has 3 N–H and O–H groups in total. The Morgan fingerprint density at radius 1 is 1.00 bits per heavy atom. The van der Waals surface area contributed by atoms with Gasteiger partial charge in [0.1, 0.15) is 0 Å². The van der Waals surface area contributed by atoms with Gasteiger partial charge in [-0.05, 0) is 18.2 Å². The summed E-state index contributed by atoms with van der Waals surface area (Å²) in [6, 6.07) is 14.6. The molecule has 0 saturated heterocycles. The Labute approximate surface area is 123 Å². The predicted molar refractivity (Wildman–Crippen MR) is 80.8 cm³/mol. The zero-order valence-corrected chi connectivity index (χ0v) is 11.9. The van der Waals surface area contributed by atoms with Crippen LogP contribution >= 0.6 is 0 Å². The molecule has 0 aromatic heterocycles. The van der Waals surface area contributed by atoms with Crippen LogP contribution in [0.1, 0.15) is 15.9 Å². The first-order chi connectivity index (χ1) is 9.89. The molecule has 0 heterocycles. The summed E-state index contributed by atoms with van der Waals surface area (Å²) in [5.74, 6) is -0.371. The van der Waals surface area contributed by atoms with E-state index in [2.05, 4.69) is 11.9 Å². The average Bonchev–Trinajstić information content (AvgIpc) is 2.47. The van der Waals surface area contributed by atoms with Crippen molar-refractivity contribution in [2.75, 3.05) is 0 Å². The number of benzene rings is 2. The maximum Gasteiger partial charge on any atom is 0.255 e. The van der Waals surface area contributed by atoms with E-state index < -0.39 is 10.0 Å². The molecule has 108 valence electrons. The Hall–Kier alpha value is -2.44. The van der Waals surface area contributed by atoms with E-state index in [0.717, 1.165) is 0 Å². The largest absolute Gasteiger partial charge is 0.322 e. The van der Waals surface area contributed by atoms with Crippen molar-refractivity contribution in [2.45, 2.75) is 4.90 Å². The standard InChI is InChI=1S/C15H14N2O3S/c1-11(17-15(18)12-7-3-2-4-8-12)13-9-5-6-10-14(13)21(16,19)20/h2-10H,1H2,(H,17,18)(H2,16,19,20). The summed E-state index contributed by atoms with van der Waals surface area (Å²) in [6.07, 6.45) is 0. The van der Waals surface area contributed by atoms with Gasteiger partial charge in [-0.15, -0.1) is 0 Å². The number of nitrogens with one attached hydrogen (secondary N) is 1. The molecule has 5 nitrogen and oxygen atoms in total. The molecule has 0 fully saturated rings. The number of hydrogen-bond acceptors (Lipinski definition) is 3. The highest BCUT2D eigenvalue weighted by atomic mass is 32.2. The number of hydrogen-bond donors (Lipinski definition) is 2. The minimum Gasteiger partial charge on any atom is -0.322 e. The summed E-state index contributed by atoms with van der Waals surface area (Å²) in [4.78, 5) is 12.0. The van der Waals surface area contributed by atoms with Gasteiger partial charge in [0, 0.05) is 16.8 Å². The van der Waals surface area contributed by atoms with E-state index in [0.29, 0.717) is 5.56 Å². The van der Waals surface area contributed by atoms with Gasteiger partial charge in [0.15, 0.2) is 0 Å². The van der Waals surface area contributed by atoms with Crippen LogP contribution in [0.25, 0.3) is 5.70 Å². The van der Waals surface area contributed by atoms with Crippen LogP contribution in [0, 0.1) is 0 Å². The summed E-state index contributed by atoms with van der Waals surface area (Å²) in [5.41, 5.74) is 0.893. The number of carbonyl (C=O) groups excluding carboxylic acids is 1. The summed E-state index contributed by atoms with van der Waals surface area (Å²) in [5, 5.41) is 7.73. The minimum atomic E-state index is -3.89. The Bertz CT molecular complexity index is 784. The quantitative estimate of drug-likeness (QED) is 0.901. The lowest BCUT2D eigenvalue weighted by Gasteiger charge is -2.12. The van der Waals surface area contributed by atoms with Crippen LogP contribution in [0.5, 0.6) is 0 Å². The monoisotopic (exact) mass is 302 g/mol. The lowest BCUT2D eigenvalue weighted by atomic mass is 10.1. The molecule has 0 spiro atoms. The van der Waals surface area contributed by atoms with Crippen molar-refractivity contribution in [2.24, 2.45) is 5.14 Å². The number of carbonyl (C=O) groups is 1. The van der Waals surface area contributed by atoms with Gasteiger partial charge in [-0.3, -0.25) is 4.79 Å². The van der Waals surface area contributed by atoms with Crippen LogP contribution in [0.3, 0.4) is 0 Å². The highest BCUT2D eigenvalue weighted by molar-refractivity contribution is 7.89. The molecule has 0 aliphatic heterocycles. The molecule has 0 radical (unpaired) electrons. The van der Waals surface area contributed by atoms with Crippen molar-refractivity contribution in [1.82, 2.24) is 5.32 Å². The van der Waals surface area contributed by atoms with Gasteiger partial charge in [0.05, 0.1) is 4.90 Å². The molecule has 0 aliphatic rings. The van der Waals surface area contributed by atoms with Crippen LogP contribution in [0.15, 0.2) is 66.1 Å². The molecular formula is C15H14N2O3S. The third-order valence-corrected chi connectivity index (χ3v) is 3.79. The van der Waals surface area contributed by atoms with Crippen molar-refractivity contribution in [3.63, 3.8) is 0 Å². The fraction of sp³-hybridized carbons (Fsp3) is 0. The van der Waals surface area contributed by atoms with Crippen molar-refractivity contribution in [3.8, 4) is 0 Å². The second kappa shape index (κ2) is 5.90. The Kier molecular flexibility index (Phi) is 4.21.